The fraction of sp³-hybridized carbons (Fsp3) is 0.600. The van der Waals surface area contributed by atoms with E-state index in [1.54, 1.807) is 0 Å². The molecule has 1 aromatic rings. The number of hydrogen-bond acceptors (Lipinski definition) is 3. The molecule has 0 saturated carbocycles. The molecule has 0 aromatic heterocycles. The molecule has 0 bridgehead atoms. The van der Waals surface area contributed by atoms with Gasteiger partial charge in [-0.15, -0.1) is 0 Å². The fourth-order valence-corrected chi connectivity index (χ4v) is 2.62. The predicted molar refractivity (Wildman–Crippen MR) is 81.1 cm³/mol. The third-order valence-corrected chi connectivity index (χ3v) is 3.69. The predicted octanol–water partition coefficient (Wildman–Crippen LogP) is 3.77. The van der Waals surface area contributed by atoms with Gasteiger partial charge in [-0.25, -0.2) is 0 Å². The van der Waals surface area contributed by atoms with Gasteiger partial charge < -0.3 is 9.64 Å². The van der Waals surface area contributed by atoms with Crippen LogP contribution < -0.4 is 9.64 Å². The van der Waals surface area contributed by atoms with Gasteiger partial charge in [-0.2, -0.15) is 12.6 Å². The van der Waals surface area contributed by atoms with Gasteiger partial charge in [-0.3, -0.25) is 0 Å². The lowest BCUT2D eigenvalue weighted by atomic mass is 10.2. The molecule has 100 valence electrons. The molecule has 1 aliphatic rings. The molecule has 0 radical (unpaired) electrons. The van der Waals surface area contributed by atoms with Crippen LogP contribution >= 0.6 is 12.6 Å². The van der Waals surface area contributed by atoms with E-state index in [1.165, 1.54) is 31.4 Å². The minimum atomic E-state index is 0.840. The molecule has 1 aromatic carbocycles. The van der Waals surface area contributed by atoms with Gasteiger partial charge in [0.25, 0.3) is 0 Å². The normalized spacial score (nSPS) is 14.8. The molecule has 3 heteroatoms. The summed E-state index contributed by atoms with van der Waals surface area (Å²) in [5, 5.41) is 0. The largest absolute Gasteiger partial charge is 0.491 e. The molecular formula is C15H23NOS. The lowest BCUT2D eigenvalue weighted by molar-refractivity contribution is 0.322. The van der Waals surface area contributed by atoms with Crippen molar-refractivity contribution in [2.45, 2.75) is 32.1 Å². The molecular weight excluding hydrogens is 242 g/mol. The summed E-state index contributed by atoms with van der Waals surface area (Å²) in [6, 6.07) is 8.40. The third kappa shape index (κ3) is 3.84. The number of anilines is 1. The highest BCUT2D eigenvalue weighted by Crippen LogP contribution is 2.30. The second-order valence-electron chi connectivity index (χ2n) is 4.79. The Hall–Kier alpha value is -0.830. The first-order valence-corrected chi connectivity index (χ1v) is 7.62. The van der Waals surface area contributed by atoms with Crippen LogP contribution in [0.1, 0.15) is 32.1 Å². The van der Waals surface area contributed by atoms with E-state index < -0.39 is 0 Å². The van der Waals surface area contributed by atoms with Crippen LogP contribution in [0.3, 0.4) is 0 Å². The van der Waals surface area contributed by atoms with Crippen molar-refractivity contribution in [3.05, 3.63) is 24.3 Å². The van der Waals surface area contributed by atoms with Crippen LogP contribution in [0, 0.1) is 0 Å². The van der Waals surface area contributed by atoms with Gasteiger partial charge in [0.05, 0.1) is 12.3 Å². The first kappa shape index (κ1) is 13.6. The van der Waals surface area contributed by atoms with Gasteiger partial charge in [-0.1, -0.05) is 25.0 Å². The van der Waals surface area contributed by atoms with E-state index in [2.05, 4.69) is 41.8 Å². The number of unbranched alkanes of at least 4 members (excludes halogenated alkanes) is 3. The molecule has 1 heterocycles. The van der Waals surface area contributed by atoms with Crippen molar-refractivity contribution >= 4 is 18.3 Å². The summed E-state index contributed by atoms with van der Waals surface area (Å²) < 4.78 is 5.77. The SMILES string of the molecule is SCCCCCCN1CCCOc2ccccc21. The Bertz CT molecular complexity index is 356. The highest BCUT2D eigenvalue weighted by Gasteiger charge is 2.14. The van der Waals surface area contributed by atoms with Crippen molar-refractivity contribution < 1.29 is 4.74 Å². The molecule has 0 amide bonds. The summed E-state index contributed by atoms with van der Waals surface area (Å²) >= 11 is 4.25. The number of rotatable bonds is 6. The van der Waals surface area contributed by atoms with Crippen LogP contribution in [0.25, 0.3) is 0 Å². The lowest BCUT2D eigenvalue weighted by Crippen LogP contribution is -2.24. The van der Waals surface area contributed by atoms with E-state index in [4.69, 9.17) is 4.74 Å². The van der Waals surface area contributed by atoms with Gasteiger partial charge >= 0.3 is 0 Å². The monoisotopic (exact) mass is 265 g/mol. The van der Waals surface area contributed by atoms with Gasteiger partial charge in [0.2, 0.25) is 0 Å². The van der Waals surface area contributed by atoms with E-state index in [0.717, 1.165) is 37.6 Å². The van der Waals surface area contributed by atoms with Gasteiger partial charge in [0.1, 0.15) is 5.75 Å². The standard InChI is InChI=1S/C15H23NOS/c18-13-6-2-1-5-10-16-11-7-12-17-15-9-4-3-8-14(15)16/h3-4,8-9,18H,1-2,5-7,10-13H2. The third-order valence-electron chi connectivity index (χ3n) is 3.37. The summed E-state index contributed by atoms with van der Waals surface area (Å²) in [4.78, 5) is 2.48. The topological polar surface area (TPSA) is 12.5 Å². The molecule has 0 spiro atoms. The number of ether oxygens (including phenoxy) is 1. The van der Waals surface area contributed by atoms with E-state index in [9.17, 15) is 0 Å². The molecule has 18 heavy (non-hydrogen) atoms. The Morgan fingerprint density at radius 1 is 1.11 bits per heavy atom. The van der Waals surface area contributed by atoms with Gasteiger partial charge in [0, 0.05) is 13.1 Å². The zero-order valence-electron chi connectivity index (χ0n) is 11.0. The quantitative estimate of drug-likeness (QED) is 0.621. The molecule has 1 aliphatic heterocycles. The van der Waals surface area contributed by atoms with E-state index in [1.807, 2.05) is 0 Å². The Kier molecular flexibility index (Phi) is 5.72. The molecule has 0 aliphatic carbocycles. The number of benzene rings is 1. The number of thiol groups is 1. The average Bonchev–Trinajstić information content (AvgIpc) is 2.61. The molecule has 0 atom stereocenters. The number of hydrogen-bond donors (Lipinski definition) is 1. The minimum absolute atomic E-state index is 0.840. The molecule has 0 N–H and O–H groups in total. The van der Waals surface area contributed by atoms with Crippen LogP contribution in [0.15, 0.2) is 24.3 Å². The molecule has 2 rings (SSSR count). The average molecular weight is 265 g/mol. The second-order valence-corrected chi connectivity index (χ2v) is 5.24. The van der Waals surface area contributed by atoms with Crippen LogP contribution in [-0.2, 0) is 0 Å². The van der Waals surface area contributed by atoms with Crippen LogP contribution in [0.4, 0.5) is 5.69 Å². The maximum atomic E-state index is 5.77. The minimum Gasteiger partial charge on any atom is -0.491 e. The molecule has 2 nitrogen and oxygen atoms in total. The summed E-state index contributed by atoms with van der Waals surface area (Å²) in [5.74, 6) is 2.06. The first-order chi connectivity index (χ1) is 8.92. The zero-order valence-corrected chi connectivity index (χ0v) is 11.9. The van der Waals surface area contributed by atoms with Crippen LogP contribution in [0.5, 0.6) is 5.75 Å². The number of nitrogens with zero attached hydrogens (tertiary/aromatic N) is 1. The van der Waals surface area contributed by atoms with Crippen molar-refractivity contribution in [3.8, 4) is 5.75 Å². The Morgan fingerprint density at radius 3 is 2.83 bits per heavy atom. The van der Waals surface area contributed by atoms with E-state index in [-0.39, 0.29) is 0 Å². The highest BCUT2D eigenvalue weighted by atomic mass is 32.1. The zero-order chi connectivity index (χ0) is 12.6. The fourth-order valence-electron chi connectivity index (χ4n) is 2.40. The van der Waals surface area contributed by atoms with E-state index >= 15 is 0 Å². The summed E-state index contributed by atoms with van der Waals surface area (Å²) in [6.07, 6.45) is 6.23. The van der Waals surface area contributed by atoms with Crippen LogP contribution in [0.2, 0.25) is 0 Å². The van der Waals surface area contributed by atoms with Gasteiger partial charge in [-0.05, 0) is 37.1 Å². The summed E-state index contributed by atoms with van der Waals surface area (Å²) in [5.41, 5.74) is 1.27. The van der Waals surface area contributed by atoms with Crippen molar-refractivity contribution in [1.82, 2.24) is 0 Å². The van der Waals surface area contributed by atoms with Gasteiger partial charge in [0.15, 0.2) is 0 Å². The molecule has 0 saturated heterocycles. The number of para-hydroxylation sites is 2. The van der Waals surface area contributed by atoms with Crippen molar-refractivity contribution in [1.29, 1.82) is 0 Å². The summed E-state index contributed by atoms with van der Waals surface area (Å²) in [7, 11) is 0. The Balaban J connectivity index is 1.88. The maximum absolute atomic E-state index is 5.77. The van der Waals surface area contributed by atoms with Crippen molar-refractivity contribution in [2.75, 3.05) is 30.3 Å². The van der Waals surface area contributed by atoms with Crippen molar-refractivity contribution in [3.63, 3.8) is 0 Å². The second kappa shape index (κ2) is 7.57. The molecule has 0 unspecified atom stereocenters. The Morgan fingerprint density at radius 2 is 1.94 bits per heavy atom. The lowest BCUT2D eigenvalue weighted by Gasteiger charge is -2.23. The van der Waals surface area contributed by atoms with E-state index in [0.29, 0.717) is 0 Å². The van der Waals surface area contributed by atoms with Crippen LogP contribution in [-0.4, -0.2) is 25.4 Å². The highest BCUT2D eigenvalue weighted by molar-refractivity contribution is 7.80. The smallest absolute Gasteiger partial charge is 0.142 e. The number of fused-ring (bicyclic) bond motifs is 1. The Labute approximate surface area is 116 Å². The van der Waals surface area contributed by atoms with Crippen molar-refractivity contribution in [2.24, 2.45) is 0 Å². The summed E-state index contributed by atoms with van der Waals surface area (Å²) in [6.45, 7) is 3.10. The molecule has 0 fully saturated rings. The maximum Gasteiger partial charge on any atom is 0.142 e. The first-order valence-electron chi connectivity index (χ1n) is 6.99.